The summed E-state index contributed by atoms with van der Waals surface area (Å²) in [6.07, 6.45) is 13.4. The molecule has 10 atom stereocenters. The summed E-state index contributed by atoms with van der Waals surface area (Å²) in [5, 5.41) is 11.7. The van der Waals surface area contributed by atoms with Crippen molar-refractivity contribution in [3.63, 3.8) is 0 Å². The fourth-order valence-corrected chi connectivity index (χ4v) is 9.98. The van der Waals surface area contributed by atoms with Crippen molar-refractivity contribution in [3.8, 4) is 0 Å². The van der Waals surface area contributed by atoms with Gasteiger partial charge in [-0.2, -0.15) is 0 Å². The summed E-state index contributed by atoms with van der Waals surface area (Å²) in [7, 11) is 0. The first-order valence-electron chi connectivity index (χ1n) is 14.2. The van der Waals surface area contributed by atoms with Gasteiger partial charge in [-0.3, -0.25) is 4.79 Å². The molecule has 0 spiro atoms. The molecule has 1 N–H and O–H groups in total. The molecule has 5 unspecified atom stereocenters. The van der Waals surface area contributed by atoms with Crippen molar-refractivity contribution in [1.82, 2.24) is 0 Å². The van der Waals surface area contributed by atoms with Gasteiger partial charge in [-0.15, -0.1) is 0 Å². The van der Waals surface area contributed by atoms with Gasteiger partial charge in [0, 0.05) is 12.3 Å². The van der Waals surface area contributed by atoms with Gasteiger partial charge >= 0.3 is 0 Å². The first-order valence-corrected chi connectivity index (χ1v) is 14.2. The third-order valence-corrected chi connectivity index (χ3v) is 12.3. The van der Waals surface area contributed by atoms with E-state index in [4.69, 9.17) is 0 Å². The summed E-state index contributed by atoms with van der Waals surface area (Å²) >= 11 is 0. The van der Waals surface area contributed by atoms with Crippen molar-refractivity contribution < 1.29 is 9.90 Å². The molecule has 0 amide bonds. The van der Waals surface area contributed by atoms with Crippen LogP contribution in [-0.4, -0.2) is 17.0 Å². The quantitative estimate of drug-likeness (QED) is 0.456. The van der Waals surface area contributed by atoms with Crippen molar-refractivity contribution in [2.75, 3.05) is 0 Å². The smallest absolute Gasteiger partial charge is 0.135 e. The predicted molar refractivity (Wildman–Crippen MR) is 133 cm³/mol. The molecule has 2 nitrogen and oxygen atoms in total. The highest BCUT2D eigenvalue weighted by molar-refractivity contribution is 5.80. The highest BCUT2D eigenvalue weighted by Crippen LogP contribution is 2.71. The number of carbonyl (C=O) groups excluding carboxylic acids is 1. The van der Waals surface area contributed by atoms with Crippen molar-refractivity contribution >= 4 is 5.78 Å². The standard InChI is InChI=1S/C30H52O2/c1-8-21-13-16-30(7)24-14-15-29(6)22(20(4)9-12-25(31)19(2)3)10-11-23(29)27(24)26(32)18-28(30,5)17-21/h19-24,26-27,32H,8-18H2,1-7H3/t20?,21-,22+,23?,24?,26+,27?,28+,29+,30?/m0/s1. The lowest BCUT2D eigenvalue weighted by molar-refractivity contribution is -0.205. The monoisotopic (exact) mass is 444 g/mol. The molecule has 0 saturated heterocycles. The van der Waals surface area contributed by atoms with Crippen molar-refractivity contribution in [1.29, 1.82) is 0 Å². The van der Waals surface area contributed by atoms with Gasteiger partial charge in [-0.1, -0.05) is 54.9 Å². The Morgan fingerprint density at radius 2 is 1.69 bits per heavy atom. The van der Waals surface area contributed by atoms with Crippen LogP contribution in [0.5, 0.6) is 0 Å². The summed E-state index contributed by atoms with van der Waals surface area (Å²) in [5.74, 6) is 4.66. The van der Waals surface area contributed by atoms with Gasteiger partial charge in [0.2, 0.25) is 0 Å². The molecular weight excluding hydrogens is 392 g/mol. The molecule has 184 valence electrons. The highest BCUT2D eigenvalue weighted by Gasteiger charge is 2.65. The first-order chi connectivity index (χ1) is 15.0. The van der Waals surface area contributed by atoms with Crippen LogP contribution in [0.4, 0.5) is 0 Å². The SMILES string of the molecule is CC[C@H]1CCC2(C)C3CC[C@@]4(C)C(CC[C@@H]4C(C)CCC(=O)C(C)C)C3[C@H](O)C[C@@]2(C)C1. The van der Waals surface area contributed by atoms with Crippen LogP contribution in [0.3, 0.4) is 0 Å². The molecule has 4 aliphatic rings. The second-order valence-electron chi connectivity index (χ2n) is 13.9. The maximum Gasteiger partial charge on any atom is 0.135 e. The lowest BCUT2D eigenvalue weighted by atomic mass is 9.39. The van der Waals surface area contributed by atoms with Gasteiger partial charge in [0.25, 0.3) is 0 Å². The molecule has 0 aromatic carbocycles. The van der Waals surface area contributed by atoms with Gasteiger partial charge in [-0.05, 0) is 110 Å². The third kappa shape index (κ3) is 3.74. The molecule has 32 heavy (non-hydrogen) atoms. The number of aliphatic hydroxyl groups excluding tert-OH is 1. The van der Waals surface area contributed by atoms with E-state index >= 15 is 0 Å². The Bertz CT molecular complexity index is 699. The van der Waals surface area contributed by atoms with Crippen LogP contribution in [-0.2, 0) is 4.79 Å². The molecule has 4 fully saturated rings. The van der Waals surface area contributed by atoms with Gasteiger partial charge < -0.3 is 5.11 Å². The van der Waals surface area contributed by atoms with Crippen LogP contribution in [0.2, 0.25) is 0 Å². The fraction of sp³-hybridized carbons (Fsp3) is 0.967. The molecule has 4 aliphatic carbocycles. The Morgan fingerprint density at radius 3 is 2.34 bits per heavy atom. The average molecular weight is 445 g/mol. The number of carbonyl (C=O) groups is 1. The zero-order chi connectivity index (χ0) is 23.5. The summed E-state index contributed by atoms with van der Waals surface area (Å²) < 4.78 is 0. The lowest BCUT2D eigenvalue weighted by Crippen LogP contribution is -2.62. The Morgan fingerprint density at radius 1 is 0.969 bits per heavy atom. The number of fused-ring (bicyclic) bond motifs is 5. The van der Waals surface area contributed by atoms with Crippen LogP contribution in [0, 0.1) is 57.7 Å². The summed E-state index contributed by atoms with van der Waals surface area (Å²) in [6, 6.07) is 0. The minimum atomic E-state index is -0.116. The Balaban J connectivity index is 1.53. The highest BCUT2D eigenvalue weighted by atomic mass is 16.3. The van der Waals surface area contributed by atoms with E-state index in [0.29, 0.717) is 45.7 Å². The zero-order valence-electron chi connectivity index (χ0n) is 22.3. The number of ketones is 1. The summed E-state index contributed by atoms with van der Waals surface area (Å²) in [5.41, 5.74) is 1.06. The molecule has 0 bridgehead atoms. The van der Waals surface area contributed by atoms with Crippen LogP contribution in [0.25, 0.3) is 0 Å². The van der Waals surface area contributed by atoms with Crippen LogP contribution in [0.15, 0.2) is 0 Å². The van der Waals surface area contributed by atoms with E-state index in [1.807, 2.05) is 13.8 Å². The van der Waals surface area contributed by atoms with Crippen molar-refractivity contribution in [2.24, 2.45) is 57.7 Å². The Labute approximate surface area is 198 Å². The van der Waals surface area contributed by atoms with Gasteiger partial charge in [0.15, 0.2) is 0 Å². The van der Waals surface area contributed by atoms with E-state index in [0.717, 1.165) is 31.1 Å². The average Bonchev–Trinajstić information content (AvgIpc) is 3.09. The molecule has 0 aromatic heterocycles. The van der Waals surface area contributed by atoms with E-state index in [-0.39, 0.29) is 12.0 Å². The van der Waals surface area contributed by atoms with Gasteiger partial charge in [-0.25, -0.2) is 0 Å². The Hall–Kier alpha value is -0.370. The maximum absolute atomic E-state index is 12.3. The van der Waals surface area contributed by atoms with Crippen LogP contribution in [0.1, 0.15) is 119 Å². The Kier molecular flexibility index (Phi) is 6.72. The number of hydrogen-bond acceptors (Lipinski definition) is 2. The molecule has 0 aliphatic heterocycles. The van der Waals surface area contributed by atoms with E-state index in [1.165, 1.54) is 51.4 Å². The molecule has 4 saturated carbocycles. The molecule has 0 heterocycles. The zero-order valence-corrected chi connectivity index (χ0v) is 22.3. The molecule has 2 heteroatoms. The molecular formula is C30H52O2. The summed E-state index contributed by atoms with van der Waals surface area (Å²) in [4.78, 5) is 12.3. The van der Waals surface area contributed by atoms with Gasteiger partial charge in [0.05, 0.1) is 6.10 Å². The second kappa shape index (κ2) is 8.69. The van der Waals surface area contributed by atoms with Crippen LogP contribution >= 0.6 is 0 Å². The lowest BCUT2D eigenvalue weighted by Gasteiger charge is -2.66. The van der Waals surface area contributed by atoms with E-state index in [2.05, 4.69) is 34.6 Å². The first kappa shape index (κ1) is 24.7. The third-order valence-electron chi connectivity index (χ3n) is 12.3. The molecule has 4 rings (SSSR count). The van der Waals surface area contributed by atoms with E-state index < -0.39 is 0 Å². The van der Waals surface area contributed by atoms with Crippen molar-refractivity contribution in [3.05, 3.63) is 0 Å². The number of rotatable bonds is 6. The molecule has 0 aromatic rings. The van der Waals surface area contributed by atoms with Gasteiger partial charge in [0.1, 0.15) is 5.78 Å². The maximum atomic E-state index is 12.3. The number of hydrogen-bond donors (Lipinski definition) is 1. The second-order valence-corrected chi connectivity index (χ2v) is 13.9. The van der Waals surface area contributed by atoms with Crippen LogP contribution < -0.4 is 0 Å². The molecule has 0 radical (unpaired) electrons. The largest absolute Gasteiger partial charge is 0.393 e. The van der Waals surface area contributed by atoms with E-state index in [1.54, 1.807) is 0 Å². The number of Topliss-reactive ketones (excluding diaryl/α,β-unsaturated/α-hetero) is 1. The predicted octanol–water partition coefficient (Wildman–Crippen LogP) is 7.67. The number of aliphatic hydroxyl groups is 1. The van der Waals surface area contributed by atoms with E-state index in [9.17, 15) is 9.90 Å². The van der Waals surface area contributed by atoms with Crippen molar-refractivity contribution in [2.45, 2.75) is 125 Å². The minimum absolute atomic E-state index is 0.116. The summed E-state index contributed by atoms with van der Waals surface area (Å²) in [6.45, 7) is 16.6. The fourth-order valence-electron chi connectivity index (χ4n) is 9.98. The normalized spacial score (nSPS) is 49.3. The topological polar surface area (TPSA) is 37.3 Å². The minimum Gasteiger partial charge on any atom is -0.393 e.